The van der Waals surface area contributed by atoms with E-state index in [4.69, 9.17) is 0 Å². The fraction of sp³-hybridized carbons (Fsp3) is 0.545. The summed E-state index contributed by atoms with van der Waals surface area (Å²) in [4.78, 5) is 17.1. The molecule has 6 heteroatoms. The normalized spacial score (nSPS) is 15.9. The molecule has 5 nitrogen and oxygen atoms in total. The summed E-state index contributed by atoms with van der Waals surface area (Å²) in [5.41, 5.74) is 3.65. The summed E-state index contributed by atoms with van der Waals surface area (Å²) in [5, 5.41) is 5.78. The van der Waals surface area contributed by atoms with Gasteiger partial charge >= 0.3 is 0 Å². The molecule has 0 unspecified atom stereocenters. The van der Waals surface area contributed by atoms with Crippen LogP contribution in [0.1, 0.15) is 59.5 Å². The Kier molecular flexibility index (Phi) is 5.08. The number of aryl methyl sites for hydroxylation is 3. The van der Waals surface area contributed by atoms with Crippen LogP contribution in [0.25, 0.3) is 10.2 Å². The number of hydrogen-bond donors (Lipinski definition) is 0. The van der Waals surface area contributed by atoms with Crippen molar-refractivity contribution in [3.63, 3.8) is 0 Å². The molecule has 150 valence electrons. The first-order chi connectivity index (χ1) is 13.3. The van der Waals surface area contributed by atoms with E-state index in [1.54, 1.807) is 11.3 Å². The van der Waals surface area contributed by atoms with E-state index in [9.17, 15) is 4.79 Å². The Labute approximate surface area is 170 Å². The molecule has 1 fully saturated rings. The average molecular weight is 399 g/mol. The van der Waals surface area contributed by atoms with Crippen molar-refractivity contribution in [1.29, 1.82) is 0 Å². The second-order valence-electron chi connectivity index (χ2n) is 8.50. The molecule has 0 aliphatic carbocycles. The van der Waals surface area contributed by atoms with Crippen LogP contribution in [0.4, 0.5) is 0 Å². The maximum Gasteiger partial charge on any atom is 0.264 e. The van der Waals surface area contributed by atoms with Crippen molar-refractivity contribution in [2.75, 3.05) is 13.1 Å². The highest BCUT2D eigenvalue weighted by molar-refractivity contribution is 7.20. The highest BCUT2D eigenvalue weighted by Crippen LogP contribution is 2.32. The number of fused-ring (bicyclic) bond motifs is 1. The van der Waals surface area contributed by atoms with Crippen molar-refractivity contribution in [2.45, 2.75) is 60.0 Å². The zero-order valence-corrected chi connectivity index (χ0v) is 18.3. The fourth-order valence-corrected chi connectivity index (χ4v) is 5.57. The van der Waals surface area contributed by atoms with Crippen LogP contribution in [0.2, 0.25) is 0 Å². The van der Waals surface area contributed by atoms with Crippen molar-refractivity contribution >= 4 is 27.5 Å². The van der Waals surface area contributed by atoms with Crippen molar-refractivity contribution in [2.24, 2.45) is 5.92 Å². The number of rotatable bonds is 4. The fourth-order valence-electron chi connectivity index (χ4n) is 4.43. The van der Waals surface area contributed by atoms with Crippen LogP contribution in [0.3, 0.4) is 0 Å². The Bertz CT molecular complexity index is 982. The van der Waals surface area contributed by atoms with Gasteiger partial charge < -0.3 is 9.47 Å². The predicted molar refractivity (Wildman–Crippen MR) is 115 cm³/mol. The maximum atomic E-state index is 13.1. The largest absolute Gasteiger partial charge is 0.346 e. The van der Waals surface area contributed by atoms with E-state index >= 15 is 0 Å². The number of piperidine rings is 1. The second kappa shape index (κ2) is 7.39. The summed E-state index contributed by atoms with van der Waals surface area (Å²) in [6.45, 7) is 13.3. The van der Waals surface area contributed by atoms with Crippen molar-refractivity contribution in [3.05, 3.63) is 40.2 Å². The number of carbonyl (C=O) groups excluding carboxylic acids is 1. The van der Waals surface area contributed by atoms with Gasteiger partial charge in [-0.2, -0.15) is 5.10 Å². The lowest BCUT2D eigenvalue weighted by Gasteiger charge is -2.34. The number of carbonyl (C=O) groups is 1. The Morgan fingerprint density at radius 2 is 1.82 bits per heavy atom. The highest BCUT2D eigenvalue weighted by atomic mass is 32.1. The molecule has 0 saturated carbocycles. The van der Waals surface area contributed by atoms with Gasteiger partial charge in [0.2, 0.25) is 0 Å². The lowest BCUT2D eigenvalue weighted by atomic mass is 10.0. The van der Waals surface area contributed by atoms with Gasteiger partial charge in [0, 0.05) is 42.5 Å². The Morgan fingerprint density at radius 3 is 2.43 bits per heavy atom. The summed E-state index contributed by atoms with van der Waals surface area (Å²) in [6, 6.07) is 6.93. The van der Waals surface area contributed by atoms with Gasteiger partial charge in [0.1, 0.15) is 4.83 Å². The molecule has 3 aromatic rings. The van der Waals surface area contributed by atoms with Crippen LogP contribution in [-0.4, -0.2) is 38.2 Å². The molecule has 0 atom stereocenters. The van der Waals surface area contributed by atoms with Gasteiger partial charge in [0.15, 0.2) is 0 Å². The molecule has 1 saturated heterocycles. The van der Waals surface area contributed by atoms with Gasteiger partial charge in [0.05, 0.1) is 10.6 Å². The number of likely N-dealkylation sites (tertiary alicyclic amines) is 1. The lowest BCUT2D eigenvalue weighted by Crippen LogP contribution is -2.39. The third-order valence-electron chi connectivity index (χ3n) is 5.80. The van der Waals surface area contributed by atoms with Crippen molar-refractivity contribution < 1.29 is 4.79 Å². The lowest BCUT2D eigenvalue weighted by molar-refractivity contribution is 0.0698. The molecule has 1 amide bonds. The SMILES string of the molecule is Cc1nn(CC(C)C)c2sc(C(=O)N3CCC(n4c(C)ccc4C)CC3)cc12. The molecule has 4 heterocycles. The molecular weight excluding hydrogens is 368 g/mol. The summed E-state index contributed by atoms with van der Waals surface area (Å²) >= 11 is 1.60. The zero-order valence-electron chi connectivity index (χ0n) is 17.5. The minimum atomic E-state index is 0.177. The number of amides is 1. The van der Waals surface area contributed by atoms with Gasteiger partial charge in [0.25, 0.3) is 5.91 Å². The molecule has 0 spiro atoms. The van der Waals surface area contributed by atoms with Gasteiger partial charge in [-0.3, -0.25) is 9.48 Å². The Hall–Kier alpha value is -2.08. The molecule has 1 aliphatic heterocycles. The predicted octanol–water partition coefficient (Wildman–Crippen LogP) is 4.96. The Morgan fingerprint density at radius 1 is 1.18 bits per heavy atom. The van der Waals surface area contributed by atoms with Crippen LogP contribution in [0.15, 0.2) is 18.2 Å². The standard InChI is InChI=1S/C22H30N4OS/c1-14(2)13-25-22-19(17(5)23-25)12-20(28-22)21(27)24-10-8-18(9-11-24)26-15(3)6-7-16(26)4/h6-7,12,14,18H,8-11,13H2,1-5H3. The third-order valence-corrected chi connectivity index (χ3v) is 6.94. The molecular formula is C22H30N4OS. The number of nitrogens with zero attached hydrogens (tertiary/aromatic N) is 4. The van der Waals surface area contributed by atoms with Gasteiger partial charge in [-0.25, -0.2) is 0 Å². The molecule has 0 N–H and O–H groups in total. The number of hydrogen-bond acceptors (Lipinski definition) is 3. The van der Waals surface area contributed by atoms with Crippen LogP contribution >= 0.6 is 11.3 Å². The summed E-state index contributed by atoms with van der Waals surface area (Å²) < 4.78 is 4.51. The molecule has 28 heavy (non-hydrogen) atoms. The van der Waals surface area contributed by atoms with Crippen LogP contribution < -0.4 is 0 Å². The second-order valence-corrected chi connectivity index (χ2v) is 9.53. The van der Waals surface area contributed by atoms with E-state index in [1.165, 1.54) is 11.4 Å². The maximum absolute atomic E-state index is 13.1. The number of thiophene rings is 1. The quantitative estimate of drug-likeness (QED) is 0.623. The molecule has 0 radical (unpaired) electrons. The van der Waals surface area contributed by atoms with Gasteiger partial charge in [-0.05, 0) is 57.7 Å². The topological polar surface area (TPSA) is 43.1 Å². The number of aromatic nitrogens is 3. The van der Waals surface area contributed by atoms with E-state index in [0.717, 1.165) is 53.3 Å². The minimum absolute atomic E-state index is 0.177. The molecule has 0 aromatic carbocycles. The zero-order chi connectivity index (χ0) is 20.0. The van der Waals surface area contributed by atoms with E-state index in [-0.39, 0.29) is 5.91 Å². The molecule has 4 rings (SSSR count). The van der Waals surface area contributed by atoms with Crippen molar-refractivity contribution in [3.8, 4) is 0 Å². The third kappa shape index (κ3) is 3.39. The molecule has 3 aromatic heterocycles. The summed E-state index contributed by atoms with van der Waals surface area (Å²) in [5.74, 6) is 0.708. The Balaban J connectivity index is 1.50. The van der Waals surface area contributed by atoms with Crippen LogP contribution in [-0.2, 0) is 6.54 Å². The van der Waals surface area contributed by atoms with E-state index in [0.29, 0.717) is 12.0 Å². The first-order valence-electron chi connectivity index (χ1n) is 10.3. The van der Waals surface area contributed by atoms with Crippen LogP contribution in [0, 0.1) is 26.7 Å². The van der Waals surface area contributed by atoms with Gasteiger partial charge in [-0.15, -0.1) is 11.3 Å². The average Bonchev–Trinajstić information content (AvgIpc) is 3.31. The van der Waals surface area contributed by atoms with Crippen LogP contribution in [0.5, 0.6) is 0 Å². The van der Waals surface area contributed by atoms with Gasteiger partial charge in [-0.1, -0.05) is 13.8 Å². The highest BCUT2D eigenvalue weighted by Gasteiger charge is 2.27. The van der Waals surface area contributed by atoms with E-state index in [2.05, 4.69) is 54.2 Å². The van der Waals surface area contributed by atoms with E-state index < -0.39 is 0 Å². The first kappa shape index (κ1) is 19.2. The minimum Gasteiger partial charge on any atom is -0.346 e. The summed E-state index contributed by atoms with van der Waals surface area (Å²) in [6.07, 6.45) is 2.04. The van der Waals surface area contributed by atoms with Crippen molar-refractivity contribution in [1.82, 2.24) is 19.2 Å². The first-order valence-corrected chi connectivity index (χ1v) is 11.1. The van der Waals surface area contributed by atoms with E-state index in [1.807, 2.05) is 17.9 Å². The monoisotopic (exact) mass is 398 g/mol. The smallest absolute Gasteiger partial charge is 0.264 e. The molecule has 1 aliphatic rings. The summed E-state index contributed by atoms with van der Waals surface area (Å²) in [7, 11) is 0. The molecule has 0 bridgehead atoms.